The van der Waals surface area contributed by atoms with Crippen molar-refractivity contribution in [1.82, 2.24) is 10.2 Å². The van der Waals surface area contributed by atoms with Crippen molar-refractivity contribution in [3.05, 3.63) is 35.6 Å². The number of anilines is 1. The molecule has 0 radical (unpaired) electrons. The fourth-order valence-corrected chi connectivity index (χ4v) is 3.12. The summed E-state index contributed by atoms with van der Waals surface area (Å²) in [6, 6.07) is 6.76. The highest BCUT2D eigenvalue weighted by Crippen LogP contribution is 2.28. The van der Waals surface area contributed by atoms with Gasteiger partial charge in [0.1, 0.15) is 5.82 Å². The maximum atomic E-state index is 13.4. The summed E-state index contributed by atoms with van der Waals surface area (Å²) in [5, 5.41) is 11.9. The number of thioether (sulfide) groups is 1. The molecule has 0 amide bonds. The van der Waals surface area contributed by atoms with Crippen LogP contribution >= 0.6 is 23.1 Å². The molecule has 0 spiro atoms. The van der Waals surface area contributed by atoms with Crippen molar-refractivity contribution in [2.45, 2.75) is 10.1 Å². The number of nitrogens with zero attached hydrogens (tertiary/aromatic N) is 2. The van der Waals surface area contributed by atoms with Gasteiger partial charge in [0.05, 0.1) is 6.61 Å². The molecule has 0 aliphatic rings. The minimum Gasteiger partial charge on any atom is -0.383 e. The van der Waals surface area contributed by atoms with Crippen LogP contribution in [0, 0.1) is 5.82 Å². The zero-order valence-electron chi connectivity index (χ0n) is 10.4. The topological polar surface area (TPSA) is 47.0 Å². The van der Waals surface area contributed by atoms with Crippen LogP contribution in [-0.4, -0.2) is 30.5 Å². The molecule has 102 valence electrons. The summed E-state index contributed by atoms with van der Waals surface area (Å²) in [5.74, 6) is 0.372. The monoisotopic (exact) mass is 299 g/mol. The molecule has 7 heteroatoms. The highest BCUT2D eigenvalue weighted by molar-refractivity contribution is 8.00. The van der Waals surface area contributed by atoms with Crippen molar-refractivity contribution in [2.75, 3.05) is 25.6 Å². The number of aromatic nitrogens is 2. The fourth-order valence-electron chi connectivity index (χ4n) is 1.35. The van der Waals surface area contributed by atoms with Crippen LogP contribution in [0.3, 0.4) is 0 Å². The minimum atomic E-state index is -0.182. The van der Waals surface area contributed by atoms with Gasteiger partial charge in [-0.05, 0) is 11.6 Å². The van der Waals surface area contributed by atoms with Gasteiger partial charge in [0.2, 0.25) is 5.13 Å². The summed E-state index contributed by atoms with van der Waals surface area (Å²) < 4.78 is 19.2. The van der Waals surface area contributed by atoms with Crippen LogP contribution in [0.15, 0.2) is 28.6 Å². The molecule has 1 aromatic heterocycles. The van der Waals surface area contributed by atoms with Gasteiger partial charge in [0.25, 0.3) is 0 Å². The van der Waals surface area contributed by atoms with Crippen LogP contribution in [0.25, 0.3) is 0 Å². The third kappa shape index (κ3) is 4.45. The van der Waals surface area contributed by atoms with E-state index in [9.17, 15) is 4.39 Å². The third-order valence-electron chi connectivity index (χ3n) is 2.30. The van der Waals surface area contributed by atoms with E-state index in [0.29, 0.717) is 24.5 Å². The van der Waals surface area contributed by atoms with E-state index in [2.05, 4.69) is 15.5 Å². The van der Waals surface area contributed by atoms with E-state index in [1.807, 2.05) is 6.07 Å². The second-order valence-electron chi connectivity index (χ2n) is 3.67. The number of benzene rings is 1. The van der Waals surface area contributed by atoms with Crippen molar-refractivity contribution in [3.63, 3.8) is 0 Å². The Balaban J connectivity index is 1.85. The molecule has 1 N–H and O–H groups in total. The Labute approximate surface area is 119 Å². The van der Waals surface area contributed by atoms with Crippen molar-refractivity contribution in [2.24, 2.45) is 0 Å². The summed E-state index contributed by atoms with van der Waals surface area (Å²) in [4.78, 5) is 0. The average molecular weight is 299 g/mol. The molecule has 1 aromatic carbocycles. The lowest BCUT2D eigenvalue weighted by Gasteiger charge is -2.00. The van der Waals surface area contributed by atoms with Crippen molar-refractivity contribution < 1.29 is 9.13 Å². The Kier molecular flexibility index (Phi) is 5.56. The Hall–Kier alpha value is -1.18. The predicted octanol–water partition coefficient (Wildman–Crippen LogP) is 3.03. The molecule has 2 aromatic rings. The molecule has 0 atom stereocenters. The van der Waals surface area contributed by atoms with E-state index >= 15 is 0 Å². The SMILES string of the molecule is COCCNc1nnc(SCc2ccccc2F)s1. The van der Waals surface area contributed by atoms with E-state index in [0.717, 1.165) is 9.47 Å². The molecule has 0 unspecified atom stereocenters. The summed E-state index contributed by atoms with van der Waals surface area (Å²) >= 11 is 2.94. The summed E-state index contributed by atoms with van der Waals surface area (Å²) in [6.07, 6.45) is 0. The van der Waals surface area contributed by atoms with Gasteiger partial charge in [-0.15, -0.1) is 10.2 Å². The lowest BCUT2D eigenvalue weighted by atomic mass is 10.2. The van der Waals surface area contributed by atoms with Crippen LogP contribution in [0.5, 0.6) is 0 Å². The molecule has 1 heterocycles. The number of hydrogen-bond acceptors (Lipinski definition) is 6. The number of halogens is 1. The summed E-state index contributed by atoms with van der Waals surface area (Å²) in [5.41, 5.74) is 0.677. The van der Waals surface area contributed by atoms with Gasteiger partial charge in [0, 0.05) is 19.4 Å². The molecule has 0 saturated carbocycles. The Morgan fingerprint density at radius 3 is 3.00 bits per heavy atom. The average Bonchev–Trinajstić information content (AvgIpc) is 2.86. The van der Waals surface area contributed by atoms with Crippen molar-refractivity contribution in [3.8, 4) is 0 Å². The molecule has 4 nitrogen and oxygen atoms in total. The fraction of sp³-hybridized carbons (Fsp3) is 0.333. The van der Waals surface area contributed by atoms with E-state index in [4.69, 9.17) is 4.74 Å². The first-order valence-electron chi connectivity index (χ1n) is 5.72. The Morgan fingerprint density at radius 2 is 2.21 bits per heavy atom. The maximum Gasteiger partial charge on any atom is 0.206 e. The van der Waals surface area contributed by atoms with Crippen molar-refractivity contribution in [1.29, 1.82) is 0 Å². The van der Waals surface area contributed by atoms with Crippen LogP contribution in [0.1, 0.15) is 5.56 Å². The van der Waals surface area contributed by atoms with Gasteiger partial charge in [-0.3, -0.25) is 0 Å². The first-order valence-corrected chi connectivity index (χ1v) is 7.52. The lowest BCUT2D eigenvalue weighted by Crippen LogP contribution is -2.06. The van der Waals surface area contributed by atoms with Crippen molar-refractivity contribution >= 4 is 28.2 Å². The molecule has 0 aliphatic carbocycles. The first kappa shape index (κ1) is 14.2. The van der Waals surface area contributed by atoms with Gasteiger partial charge in [-0.2, -0.15) is 0 Å². The van der Waals surface area contributed by atoms with Gasteiger partial charge >= 0.3 is 0 Å². The summed E-state index contributed by atoms with van der Waals surface area (Å²) in [7, 11) is 1.65. The van der Waals surface area contributed by atoms with Crippen LogP contribution in [-0.2, 0) is 10.5 Å². The number of hydrogen-bond donors (Lipinski definition) is 1. The molecule has 0 bridgehead atoms. The second kappa shape index (κ2) is 7.42. The molecule has 0 fully saturated rings. The highest BCUT2D eigenvalue weighted by Gasteiger charge is 2.06. The third-order valence-corrected chi connectivity index (χ3v) is 4.36. The minimum absolute atomic E-state index is 0.182. The van der Waals surface area contributed by atoms with Gasteiger partial charge in [-0.1, -0.05) is 41.3 Å². The molecular weight excluding hydrogens is 285 g/mol. The molecular formula is C12H14FN3OS2. The zero-order valence-corrected chi connectivity index (χ0v) is 12.1. The quantitative estimate of drug-likeness (QED) is 0.629. The van der Waals surface area contributed by atoms with Gasteiger partial charge in [-0.25, -0.2) is 4.39 Å². The molecule has 2 rings (SSSR count). The molecule has 0 aliphatic heterocycles. The molecule has 0 saturated heterocycles. The number of nitrogens with one attached hydrogen (secondary N) is 1. The van der Waals surface area contributed by atoms with Crippen LogP contribution in [0.4, 0.5) is 9.52 Å². The van der Waals surface area contributed by atoms with Crippen LogP contribution < -0.4 is 5.32 Å². The largest absolute Gasteiger partial charge is 0.383 e. The summed E-state index contributed by atoms with van der Waals surface area (Å²) in [6.45, 7) is 1.32. The first-order chi connectivity index (χ1) is 9.29. The highest BCUT2D eigenvalue weighted by atomic mass is 32.2. The Bertz CT molecular complexity index is 521. The second-order valence-corrected chi connectivity index (χ2v) is 5.87. The smallest absolute Gasteiger partial charge is 0.206 e. The molecule has 19 heavy (non-hydrogen) atoms. The van der Waals surface area contributed by atoms with Gasteiger partial charge < -0.3 is 10.1 Å². The van der Waals surface area contributed by atoms with E-state index < -0.39 is 0 Å². The van der Waals surface area contributed by atoms with Crippen LogP contribution in [0.2, 0.25) is 0 Å². The number of ether oxygens (including phenoxy) is 1. The predicted molar refractivity (Wildman–Crippen MR) is 76.2 cm³/mol. The maximum absolute atomic E-state index is 13.4. The number of methoxy groups -OCH3 is 1. The van der Waals surface area contributed by atoms with E-state index in [1.165, 1.54) is 29.2 Å². The van der Waals surface area contributed by atoms with E-state index in [1.54, 1.807) is 19.2 Å². The normalized spacial score (nSPS) is 10.6. The lowest BCUT2D eigenvalue weighted by molar-refractivity contribution is 0.211. The Morgan fingerprint density at radius 1 is 1.37 bits per heavy atom. The van der Waals surface area contributed by atoms with E-state index in [-0.39, 0.29) is 5.82 Å². The number of rotatable bonds is 7. The van der Waals surface area contributed by atoms with Gasteiger partial charge in [0.15, 0.2) is 4.34 Å². The zero-order chi connectivity index (χ0) is 13.5. The standard InChI is InChI=1S/C12H14FN3OS2/c1-17-7-6-14-11-15-16-12(19-11)18-8-9-4-2-3-5-10(9)13/h2-5H,6-8H2,1H3,(H,14,15).